The molecule has 1 aliphatic rings. The molecule has 0 aromatic carbocycles. The number of hydrogen-bond acceptors (Lipinski definition) is 4. The lowest BCUT2D eigenvalue weighted by atomic mass is 10.1. The van der Waals surface area contributed by atoms with Gasteiger partial charge in [-0.2, -0.15) is 5.10 Å². The lowest BCUT2D eigenvalue weighted by Crippen LogP contribution is -2.42. The molecule has 1 aliphatic heterocycles. The van der Waals surface area contributed by atoms with Gasteiger partial charge in [0.2, 0.25) is 0 Å². The molecule has 2 rings (SSSR count). The first-order valence-corrected chi connectivity index (χ1v) is 9.71. The summed E-state index contributed by atoms with van der Waals surface area (Å²) in [6, 6.07) is 1.52. The van der Waals surface area contributed by atoms with Crippen LogP contribution in [0.5, 0.6) is 0 Å². The van der Waals surface area contributed by atoms with Crippen molar-refractivity contribution in [3.05, 3.63) is 30.1 Å². The van der Waals surface area contributed by atoms with Crippen LogP contribution in [0.3, 0.4) is 0 Å². The molecule has 6 nitrogen and oxygen atoms in total. The SMILES string of the molecule is C=CCN(C(=O)c1cc(CC(C)C)nn1C)C1CCS(=O)(=O)C1. The summed E-state index contributed by atoms with van der Waals surface area (Å²) < 4.78 is 25.0. The lowest BCUT2D eigenvalue weighted by molar-refractivity contribution is 0.0709. The Morgan fingerprint density at radius 1 is 1.57 bits per heavy atom. The van der Waals surface area contributed by atoms with E-state index < -0.39 is 9.84 Å². The van der Waals surface area contributed by atoms with Gasteiger partial charge < -0.3 is 4.90 Å². The van der Waals surface area contributed by atoms with Gasteiger partial charge in [-0.1, -0.05) is 19.9 Å². The van der Waals surface area contributed by atoms with E-state index in [1.54, 1.807) is 22.7 Å². The minimum atomic E-state index is -3.05. The third-order valence-corrected chi connectivity index (χ3v) is 5.75. The van der Waals surface area contributed by atoms with Crippen molar-refractivity contribution in [3.8, 4) is 0 Å². The normalized spacial score (nSPS) is 19.9. The Morgan fingerprint density at radius 3 is 2.78 bits per heavy atom. The predicted molar refractivity (Wildman–Crippen MR) is 90.0 cm³/mol. The second-order valence-corrected chi connectivity index (χ2v) is 8.77. The summed E-state index contributed by atoms with van der Waals surface area (Å²) in [6.45, 7) is 8.22. The van der Waals surface area contributed by atoms with E-state index in [4.69, 9.17) is 0 Å². The van der Waals surface area contributed by atoms with Crippen LogP contribution in [0.2, 0.25) is 0 Å². The molecule has 0 aliphatic carbocycles. The summed E-state index contributed by atoms with van der Waals surface area (Å²) in [6.07, 6.45) is 2.92. The molecule has 128 valence electrons. The number of hydrogen-bond donors (Lipinski definition) is 0. The number of aryl methyl sites for hydroxylation is 1. The molecule has 2 heterocycles. The van der Waals surface area contributed by atoms with Crippen LogP contribution in [0.4, 0.5) is 0 Å². The fourth-order valence-corrected chi connectivity index (χ4v) is 4.68. The smallest absolute Gasteiger partial charge is 0.272 e. The lowest BCUT2D eigenvalue weighted by Gasteiger charge is -2.26. The minimum absolute atomic E-state index is 0.0310. The number of rotatable bonds is 6. The molecule has 1 unspecified atom stereocenters. The van der Waals surface area contributed by atoms with Crippen LogP contribution in [-0.2, 0) is 23.3 Å². The van der Waals surface area contributed by atoms with E-state index in [2.05, 4.69) is 25.5 Å². The van der Waals surface area contributed by atoms with Gasteiger partial charge in [0.25, 0.3) is 5.91 Å². The summed E-state index contributed by atoms with van der Waals surface area (Å²) in [4.78, 5) is 14.5. The Hall–Kier alpha value is -1.63. The highest BCUT2D eigenvalue weighted by Gasteiger charge is 2.35. The van der Waals surface area contributed by atoms with Crippen LogP contribution in [0.15, 0.2) is 18.7 Å². The number of carbonyl (C=O) groups excluding carboxylic acids is 1. The topological polar surface area (TPSA) is 72.3 Å². The van der Waals surface area contributed by atoms with E-state index in [1.165, 1.54) is 0 Å². The highest BCUT2D eigenvalue weighted by molar-refractivity contribution is 7.91. The van der Waals surface area contributed by atoms with Gasteiger partial charge in [0, 0.05) is 19.6 Å². The van der Waals surface area contributed by atoms with Crippen molar-refractivity contribution in [1.29, 1.82) is 0 Å². The fourth-order valence-electron chi connectivity index (χ4n) is 2.95. The molecule has 0 radical (unpaired) electrons. The number of carbonyl (C=O) groups is 1. The third kappa shape index (κ3) is 4.22. The third-order valence-electron chi connectivity index (χ3n) is 4.00. The summed E-state index contributed by atoms with van der Waals surface area (Å²) in [7, 11) is -1.30. The van der Waals surface area contributed by atoms with Crippen molar-refractivity contribution in [2.24, 2.45) is 13.0 Å². The van der Waals surface area contributed by atoms with Gasteiger partial charge in [0.1, 0.15) is 5.69 Å². The molecule has 1 aromatic heterocycles. The van der Waals surface area contributed by atoms with E-state index >= 15 is 0 Å². The number of aromatic nitrogens is 2. The van der Waals surface area contributed by atoms with Crippen LogP contribution in [0.1, 0.15) is 36.5 Å². The Morgan fingerprint density at radius 2 is 2.26 bits per heavy atom. The van der Waals surface area contributed by atoms with E-state index in [0.29, 0.717) is 24.6 Å². The van der Waals surface area contributed by atoms with Crippen molar-refractivity contribution in [2.45, 2.75) is 32.7 Å². The van der Waals surface area contributed by atoms with Gasteiger partial charge in [-0.3, -0.25) is 9.48 Å². The quantitative estimate of drug-likeness (QED) is 0.735. The zero-order valence-electron chi connectivity index (χ0n) is 14.0. The second-order valence-electron chi connectivity index (χ2n) is 6.55. The summed E-state index contributed by atoms with van der Waals surface area (Å²) >= 11 is 0. The molecule has 7 heteroatoms. The predicted octanol–water partition coefficient (Wildman–Crippen LogP) is 1.43. The second kappa shape index (κ2) is 6.86. The van der Waals surface area contributed by atoms with Crippen LogP contribution in [-0.4, -0.2) is 53.1 Å². The minimum Gasteiger partial charge on any atom is -0.330 e. The van der Waals surface area contributed by atoms with E-state index in [9.17, 15) is 13.2 Å². The monoisotopic (exact) mass is 339 g/mol. The van der Waals surface area contributed by atoms with Crippen molar-refractivity contribution in [1.82, 2.24) is 14.7 Å². The van der Waals surface area contributed by atoms with Gasteiger partial charge in [-0.25, -0.2) is 8.42 Å². The van der Waals surface area contributed by atoms with E-state index in [1.807, 2.05) is 6.07 Å². The van der Waals surface area contributed by atoms with E-state index in [0.717, 1.165) is 12.1 Å². The Bertz CT molecular complexity index is 691. The Labute approximate surface area is 138 Å². The molecule has 1 saturated heterocycles. The van der Waals surface area contributed by atoms with Crippen LogP contribution in [0, 0.1) is 5.92 Å². The molecule has 0 saturated carbocycles. The highest BCUT2D eigenvalue weighted by Crippen LogP contribution is 2.20. The molecule has 0 N–H and O–H groups in total. The summed E-state index contributed by atoms with van der Waals surface area (Å²) in [5, 5.41) is 4.39. The molecule has 0 bridgehead atoms. The number of nitrogens with zero attached hydrogens (tertiary/aromatic N) is 3. The van der Waals surface area contributed by atoms with Gasteiger partial charge in [0.05, 0.1) is 17.2 Å². The molecule has 23 heavy (non-hydrogen) atoms. The first-order chi connectivity index (χ1) is 10.7. The summed E-state index contributed by atoms with van der Waals surface area (Å²) in [5.41, 5.74) is 1.37. The molecule has 1 amide bonds. The van der Waals surface area contributed by atoms with Crippen LogP contribution < -0.4 is 0 Å². The molecular formula is C16H25N3O3S. The van der Waals surface area contributed by atoms with Gasteiger partial charge in [0.15, 0.2) is 9.84 Å². The Balaban J connectivity index is 2.24. The van der Waals surface area contributed by atoms with Gasteiger partial charge >= 0.3 is 0 Å². The van der Waals surface area contributed by atoms with Crippen molar-refractivity contribution >= 4 is 15.7 Å². The standard InChI is InChI=1S/C16H25N3O3S/c1-5-7-19(14-6-8-23(21,22)11-14)16(20)15-10-13(9-12(2)3)17-18(15)4/h5,10,12,14H,1,6-9,11H2,2-4H3. The molecule has 0 spiro atoms. The van der Waals surface area contributed by atoms with Crippen LogP contribution >= 0.6 is 0 Å². The van der Waals surface area contributed by atoms with Crippen molar-refractivity contribution < 1.29 is 13.2 Å². The number of amides is 1. The molecular weight excluding hydrogens is 314 g/mol. The van der Waals surface area contributed by atoms with E-state index in [-0.39, 0.29) is 23.5 Å². The average molecular weight is 339 g/mol. The first-order valence-electron chi connectivity index (χ1n) is 7.88. The molecule has 1 aromatic rings. The van der Waals surface area contributed by atoms with Crippen molar-refractivity contribution in [3.63, 3.8) is 0 Å². The van der Waals surface area contributed by atoms with Gasteiger partial charge in [-0.15, -0.1) is 6.58 Å². The first kappa shape index (κ1) is 17.7. The maximum atomic E-state index is 12.9. The summed E-state index contributed by atoms with van der Waals surface area (Å²) in [5.74, 6) is 0.445. The Kier molecular flexibility index (Phi) is 5.29. The molecule has 1 atom stereocenters. The zero-order chi connectivity index (χ0) is 17.2. The maximum absolute atomic E-state index is 12.9. The molecule has 1 fully saturated rings. The highest BCUT2D eigenvalue weighted by atomic mass is 32.2. The largest absolute Gasteiger partial charge is 0.330 e. The van der Waals surface area contributed by atoms with Crippen molar-refractivity contribution in [2.75, 3.05) is 18.1 Å². The zero-order valence-corrected chi connectivity index (χ0v) is 14.8. The maximum Gasteiger partial charge on any atom is 0.272 e. The number of sulfone groups is 1. The average Bonchev–Trinajstić information content (AvgIpc) is 2.97. The van der Waals surface area contributed by atoms with Crippen LogP contribution in [0.25, 0.3) is 0 Å². The van der Waals surface area contributed by atoms with Gasteiger partial charge in [-0.05, 0) is 24.8 Å². The fraction of sp³-hybridized carbons (Fsp3) is 0.625.